The fraction of sp³-hybridized carbons (Fsp3) is 0.143. The van der Waals surface area contributed by atoms with Gasteiger partial charge in [0.15, 0.2) is 0 Å². The number of rotatable bonds is 1. The molecule has 0 heterocycles. The van der Waals surface area contributed by atoms with Gasteiger partial charge in [0.1, 0.15) is 0 Å². The topological polar surface area (TPSA) is 12.0 Å². The molecule has 0 aliphatic heterocycles. The lowest BCUT2D eigenvalue weighted by Gasteiger charge is -1.97. The first-order valence-corrected chi connectivity index (χ1v) is 3.84. The van der Waals surface area contributed by atoms with Gasteiger partial charge in [-0.05, 0) is 40.8 Å². The second kappa shape index (κ2) is 3.06. The van der Waals surface area contributed by atoms with Gasteiger partial charge in [-0.25, -0.2) is 0 Å². The van der Waals surface area contributed by atoms with Crippen molar-refractivity contribution in [2.24, 2.45) is 0 Å². The summed E-state index contributed by atoms with van der Waals surface area (Å²) in [6.45, 7) is 0. The van der Waals surface area contributed by atoms with Crippen LogP contribution in [0.2, 0.25) is 0 Å². The zero-order valence-electron chi connectivity index (χ0n) is 5.19. The van der Waals surface area contributed by atoms with Gasteiger partial charge >= 0.3 is 0 Å². The van der Waals surface area contributed by atoms with Crippen molar-refractivity contribution in [2.45, 2.75) is 0 Å². The van der Waals surface area contributed by atoms with Gasteiger partial charge in [-0.3, -0.25) is 0 Å². The molecule has 0 saturated heterocycles. The highest BCUT2D eigenvalue weighted by Crippen LogP contribution is 2.10. The van der Waals surface area contributed by atoms with Crippen LogP contribution in [0.15, 0.2) is 24.3 Å². The number of halogens is 1. The average Bonchev–Trinajstić information content (AvgIpc) is 1.88. The lowest BCUT2D eigenvalue weighted by Crippen LogP contribution is -1.86. The SMILES string of the molecule is CNc1cccc(I)c1. The van der Waals surface area contributed by atoms with Crippen LogP contribution in [0.5, 0.6) is 0 Å². The Morgan fingerprint density at radius 3 is 2.67 bits per heavy atom. The van der Waals surface area contributed by atoms with E-state index in [1.165, 1.54) is 9.26 Å². The average molecular weight is 233 g/mol. The second-order valence-electron chi connectivity index (χ2n) is 1.76. The standard InChI is InChI=1S/C7H8IN/c1-9-7-4-2-3-6(8)5-7/h2-5,9H,1H3. The van der Waals surface area contributed by atoms with E-state index in [4.69, 9.17) is 0 Å². The molecule has 0 fully saturated rings. The van der Waals surface area contributed by atoms with Crippen molar-refractivity contribution in [3.63, 3.8) is 0 Å². The first-order valence-electron chi connectivity index (χ1n) is 2.76. The zero-order valence-corrected chi connectivity index (χ0v) is 7.34. The Balaban J connectivity index is 2.94. The van der Waals surface area contributed by atoms with Gasteiger partial charge in [0.05, 0.1) is 0 Å². The third-order valence-electron chi connectivity index (χ3n) is 1.11. The molecule has 1 aromatic carbocycles. The number of hydrogen-bond donors (Lipinski definition) is 1. The minimum Gasteiger partial charge on any atom is -0.388 e. The fourth-order valence-electron chi connectivity index (χ4n) is 0.644. The van der Waals surface area contributed by atoms with Crippen LogP contribution in [0, 0.1) is 3.57 Å². The van der Waals surface area contributed by atoms with Gasteiger partial charge in [-0.1, -0.05) is 6.07 Å². The summed E-state index contributed by atoms with van der Waals surface area (Å²) in [4.78, 5) is 0. The van der Waals surface area contributed by atoms with Crippen molar-refractivity contribution in [2.75, 3.05) is 12.4 Å². The molecule has 0 aromatic heterocycles. The Hall–Kier alpha value is -0.250. The van der Waals surface area contributed by atoms with Crippen LogP contribution in [0.25, 0.3) is 0 Å². The van der Waals surface area contributed by atoms with E-state index >= 15 is 0 Å². The Morgan fingerprint density at radius 1 is 1.44 bits per heavy atom. The molecule has 0 aliphatic carbocycles. The summed E-state index contributed by atoms with van der Waals surface area (Å²) >= 11 is 2.29. The van der Waals surface area contributed by atoms with Crippen LogP contribution in [0.4, 0.5) is 5.69 Å². The van der Waals surface area contributed by atoms with Crippen LogP contribution in [0.1, 0.15) is 0 Å². The monoisotopic (exact) mass is 233 g/mol. The molecule has 0 bridgehead atoms. The molecular formula is C7H8IN. The van der Waals surface area contributed by atoms with E-state index in [1.807, 2.05) is 19.2 Å². The summed E-state index contributed by atoms with van der Waals surface area (Å²) in [5, 5.41) is 3.06. The minimum atomic E-state index is 1.17. The number of benzene rings is 1. The molecule has 0 radical (unpaired) electrons. The minimum absolute atomic E-state index is 1.17. The molecule has 0 spiro atoms. The van der Waals surface area contributed by atoms with E-state index in [2.05, 4.69) is 40.0 Å². The van der Waals surface area contributed by atoms with E-state index in [9.17, 15) is 0 Å². The maximum atomic E-state index is 3.06. The van der Waals surface area contributed by atoms with Crippen LogP contribution in [-0.4, -0.2) is 7.05 Å². The van der Waals surface area contributed by atoms with Crippen LogP contribution >= 0.6 is 22.6 Å². The van der Waals surface area contributed by atoms with Crippen molar-refractivity contribution in [3.8, 4) is 0 Å². The summed E-state index contributed by atoms with van der Waals surface area (Å²) in [5.41, 5.74) is 1.17. The predicted molar refractivity (Wildman–Crippen MR) is 48.7 cm³/mol. The molecule has 0 saturated carbocycles. The van der Waals surface area contributed by atoms with E-state index < -0.39 is 0 Å². The molecule has 0 amide bonds. The van der Waals surface area contributed by atoms with Crippen molar-refractivity contribution in [1.82, 2.24) is 0 Å². The molecule has 1 aromatic rings. The van der Waals surface area contributed by atoms with E-state index in [0.29, 0.717) is 0 Å². The number of nitrogens with one attached hydrogen (secondary N) is 1. The van der Waals surface area contributed by atoms with Crippen molar-refractivity contribution in [3.05, 3.63) is 27.8 Å². The van der Waals surface area contributed by atoms with Crippen LogP contribution < -0.4 is 5.32 Å². The summed E-state index contributed by atoms with van der Waals surface area (Å²) in [6.07, 6.45) is 0. The highest BCUT2D eigenvalue weighted by molar-refractivity contribution is 14.1. The summed E-state index contributed by atoms with van der Waals surface area (Å²) in [6, 6.07) is 8.25. The summed E-state index contributed by atoms with van der Waals surface area (Å²) < 4.78 is 1.26. The summed E-state index contributed by atoms with van der Waals surface area (Å²) in [7, 11) is 1.92. The third-order valence-corrected chi connectivity index (χ3v) is 1.78. The maximum absolute atomic E-state index is 3.06. The van der Waals surface area contributed by atoms with Crippen molar-refractivity contribution >= 4 is 28.3 Å². The lowest BCUT2D eigenvalue weighted by atomic mass is 10.3. The first kappa shape index (κ1) is 6.86. The quantitative estimate of drug-likeness (QED) is 0.734. The maximum Gasteiger partial charge on any atom is 0.0348 e. The Morgan fingerprint density at radius 2 is 2.22 bits per heavy atom. The molecule has 0 unspecified atom stereocenters. The van der Waals surface area contributed by atoms with Crippen molar-refractivity contribution < 1.29 is 0 Å². The molecule has 1 nitrogen and oxygen atoms in total. The Kier molecular flexibility index (Phi) is 2.33. The molecule has 48 valence electrons. The molecule has 1 N–H and O–H groups in total. The third kappa shape index (κ3) is 1.86. The highest BCUT2D eigenvalue weighted by atomic mass is 127. The molecular weight excluding hydrogens is 225 g/mol. The molecule has 0 atom stereocenters. The normalized spacial score (nSPS) is 9.11. The second-order valence-corrected chi connectivity index (χ2v) is 3.01. The Labute approximate surface area is 68.6 Å². The first-order chi connectivity index (χ1) is 4.33. The van der Waals surface area contributed by atoms with Gasteiger partial charge in [-0.2, -0.15) is 0 Å². The van der Waals surface area contributed by atoms with Gasteiger partial charge in [0.2, 0.25) is 0 Å². The summed E-state index contributed by atoms with van der Waals surface area (Å²) in [5.74, 6) is 0. The fourth-order valence-corrected chi connectivity index (χ4v) is 1.19. The molecule has 2 heteroatoms. The van der Waals surface area contributed by atoms with E-state index in [1.54, 1.807) is 0 Å². The van der Waals surface area contributed by atoms with Crippen LogP contribution in [-0.2, 0) is 0 Å². The molecule has 1 rings (SSSR count). The van der Waals surface area contributed by atoms with E-state index in [0.717, 1.165) is 0 Å². The van der Waals surface area contributed by atoms with Crippen LogP contribution in [0.3, 0.4) is 0 Å². The van der Waals surface area contributed by atoms with Gasteiger partial charge < -0.3 is 5.32 Å². The van der Waals surface area contributed by atoms with Gasteiger partial charge in [0, 0.05) is 16.3 Å². The largest absolute Gasteiger partial charge is 0.388 e. The zero-order chi connectivity index (χ0) is 6.69. The smallest absolute Gasteiger partial charge is 0.0348 e. The van der Waals surface area contributed by atoms with Crippen molar-refractivity contribution in [1.29, 1.82) is 0 Å². The number of anilines is 1. The lowest BCUT2D eigenvalue weighted by molar-refractivity contribution is 1.50. The van der Waals surface area contributed by atoms with E-state index in [-0.39, 0.29) is 0 Å². The number of hydrogen-bond acceptors (Lipinski definition) is 1. The molecule has 9 heavy (non-hydrogen) atoms. The molecule has 0 aliphatic rings. The Bertz CT molecular complexity index is 198. The van der Waals surface area contributed by atoms with Gasteiger partial charge in [-0.15, -0.1) is 0 Å². The van der Waals surface area contributed by atoms with Gasteiger partial charge in [0.25, 0.3) is 0 Å². The highest BCUT2D eigenvalue weighted by Gasteiger charge is 1.86. The predicted octanol–water partition coefficient (Wildman–Crippen LogP) is 2.33.